The Labute approximate surface area is 125 Å². The lowest BCUT2D eigenvalue weighted by molar-refractivity contribution is -0.138. The van der Waals surface area contributed by atoms with Crippen molar-refractivity contribution in [3.05, 3.63) is 24.3 Å². The number of sulfonamides is 1. The zero-order chi connectivity index (χ0) is 15.9. The first-order valence-electron chi connectivity index (χ1n) is 6.94. The Kier molecular flexibility index (Phi) is 6.64. The Morgan fingerprint density at radius 3 is 2.33 bits per heavy atom. The molecule has 0 spiro atoms. The Morgan fingerprint density at radius 2 is 1.86 bits per heavy atom. The van der Waals surface area contributed by atoms with Gasteiger partial charge >= 0.3 is 5.97 Å². The van der Waals surface area contributed by atoms with Crippen LogP contribution in [0.5, 0.6) is 0 Å². The Hall–Kier alpha value is -1.60. The van der Waals surface area contributed by atoms with Crippen LogP contribution < -0.4 is 10.0 Å². The molecule has 1 aromatic rings. The predicted molar refractivity (Wildman–Crippen MR) is 81.8 cm³/mol. The van der Waals surface area contributed by atoms with Gasteiger partial charge in [-0.05, 0) is 30.2 Å². The Bertz CT molecular complexity index is 555. The summed E-state index contributed by atoms with van der Waals surface area (Å²) < 4.78 is 26.0. The van der Waals surface area contributed by atoms with Gasteiger partial charge in [0.15, 0.2) is 0 Å². The molecule has 0 radical (unpaired) electrons. The van der Waals surface area contributed by atoms with Crippen molar-refractivity contribution in [1.82, 2.24) is 4.72 Å². The van der Waals surface area contributed by atoms with Gasteiger partial charge in [-0.15, -0.1) is 0 Å². The molecule has 0 aliphatic heterocycles. The quantitative estimate of drug-likeness (QED) is 0.647. The maximum absolute atomic E-state index is 11.8. The normalized spacial score (nSPS) is 12.9. The highest BCUT2D eigenvalue weighted by atomic mass is 32.2. The van der Waals surface area contributed by atoms with Gasteiger partial charge in [-0.25, -0.2) is 13.1 Å². The van der Waals surface area contributed by atoms with Crippen LogP contribution in [0.3, 0.4) is 0 Å². The molecule has 1 atom stereocenters. The SMILES string of the molecule is CCNS(=O)(=O)c1ccc(NCC(CC)CC(=O)O)cc1. The number of rotatable bonds is 9. The van der Waals surface area contributed by atoms with Crippen LogP contribution in [0.15, 0.2) is 29.2 Å². The Balaban J connectivity index is 2.65. The molecular weight excluding hydrogens is 292 g/mol. The monoisotopic (exact) mass is 314 g/mol. The minimum Gasteiger partial charge on any atom is -0.481 e. The van der Waals surface area contributed by atoms with Crippen molar-refractivity contribution in [2.24, 2.45) is 5.92 Å². The first kappa shape index (κ1) is 17.5. The van der Waals surface area contributed by atoms with Gasteiger partial charge in [0.1, 0.15) is 0 Å². The maximum Gasteiger partial charge on any atom is 0.303 e. The number of anilines is 1. The molecule has 0 aromatic heterocycles. The summed E-state index contributed by atoms with van der Waals surface area (Å²) in [4.78, 5) is 10.9. The van der Waals surface area contributed by atoms with Crippen molar-refractivity contribution in [2.75, 3.05) is 18.4 Å². The number of aliphatic carboxylic acids is 1. The van der Waals surface area contributed by atoms with Crippen LogP contribution in [0, 0.1) is 5.92 Å². The minimum absolute atomic E-state index is 0.0488. The molecule has 0 saturated heterocycles. The van der Waals surface area contributed by atoms with Crippen molar-refractivity contribution in [1.29, 1.82) is 0 Å². The van der Waals surface area contributed by atoms with Crippen molar-refractivity contribution in [3.63, 3.8) is 0 Å². The first-order chi connectivity index (χ1) is 9.89. The smallest absolute Gasteiger partial charge is 0.303 e. The molecule has 1 unspecified atom stereocenters. The second-order valence-corrected chi connectivity index (χ2v) is 6.55. The highest BCUT2D eigenvalue weighted by Gasteiger charge is 2.13. The van der Waals surface area contributed by atoms with Gasteiger partial charge in [0.05, 0.1) is 4.90 Å². The molecule has 1 rings (SSSR count). The average Bonchev–Trinajstić information content (AvgIpc) is 2.43. The van der Waals surface area contributed by atoms with Gasteiger partial charge in [0.25, 0.3) is 0 Å². The van der Waals surface area contributed by atoms with Gasteiger partial charge in [0, 0.05) is 25.2 Å². The van der Waals surface area contributed by atoms with E-state index >= 15 is 0 Å². The lowest BCUT2D eigenvalue weighted by Crippen LogP contribution is -2.23. The number of hydrogen-bond acceptors (Lipinski definition) is 4. The van der Waals surface area contributed by atoms with E-state index in [1.165, 1.54) is 12.1 Å². The topological polar surface area (TPSA) is 95.5 Å². The van der Waals surface area contributed by atoms with Crippen molar-refractivity contribution < 1.29 is 18.3 Å². The second kappa shape index (κ2) is 7.99. The molecule has 1 aromatic carbocycles. The first-order valence-corrected chi connectivity index (χ1v) is 8.42. The van der Waals surface area contributed by atoms with E-state index in [9.17, 15) is 13.2 Å². The lowest BCUT2D eigenvalue weighted by atomic mass is 10.0. The Morgan fingerprint density at radius 1 is 1.24 bits per heavy atom. The number of nitrogens with one attached hydrogen (secondary N) is 2. The van der Waals surface area contributed by atoms with Crippen LogP contribution in [-0.4, -0.2) is 32.6 Å². The molecule has 0 bridgehead atoms. The van der Waals surface area contributed by atoms with E-state index in [0.29, 0.717) is 13.1 Å². The summed E-state index contributed by atoms with van der Waals surface area (Å²) >= 11 is 0. The summed E-state index contributed by atoms with van der Waals surface area (Å²) in [6.07, 6.45) is 0.891. The van der Waals surface area contributed by atoms with Crippen LogP contribution >= 0.6 is 0 Å². The highest BCUT2D eigenvalue weighted by molar-refractivity contribution is 7.89. The van der Waals surface area contributed by atoms with Crippen LogP contribution in [0.1, 0.15) is 26.7 Å². The van der Waals surface area contributed by atoms with E-state index in [1.54, 1.807) is 19.1 Å². The average molecular weight is 314 g/mol. The van der Waals surface area contributed by atoms with E-state index in [2.05, 4.69) is 10.0 Å². The third kappa shape index (κ3) is 5.73. The van der Waals surface area contributed by atoms with Crippen LogP contribution in [-0.2, 0) is 14.8 Å². The van der Waals surface area contributed by atoms with Gasteiger partial charge in [-0.1, -0.05) is 20.3 Å². The molecule has 0 aliphatic rings. The van der Waals surface area contributed by atoms with Crippen molar-refractivity contribution in [2.45, 2.75) is 31.6 Å². The van der Waals surface area contributed by atoms with E-state index in [4.69, 9.17) is 5.11 Å². The fourth-order valence-corrected chi connectivity index (χ4v) is 2.94. The molecule has 7 heteroatoms. The van der Waals surface area contributed by atoms with E-state index < -0.39 is 16.0 Å². The molecule has 0 amide bonds. The van der Waals surface area contributed by atoms with Crippen molar-refractivity contribution >= 4 is 21.7 Å². The zero-order valence-electron chi connectivity index (χ0n) is 12.3. The number of carboxylic acid groups (broad SMARTS) is 1. The summed E-state index contributed by atoms with van der Waals surface area (Å²) in [6, 6.07) is 6.41. The molecule has 21 heavy (non-hydrogen) atoms. The minimum atomic E-state index is -3.43. The number of benzene rings is 1. The fraction of sp³-hybridized carbons (Fsp3) is 0.500. The third-order valence-corrected chi connectivity index (χ3v) is 4.70. The van der Waals surface area contributed by atoms with E-state index in [0.717, 1.165) is 12.1 Å². The largest absolute Gasteiger partial charge is 0.481 e. The van der Waals surface area contributed by atoms with Gasteiger partial charge in [-0.3, -0.25) is 4.79 Å². The molecule has 118 valence electrons. The van der Waals surface area contributed by atoms with Crippen LogP contribution in [0.2, 0.25) is 0 Å². The number of hydrogen-bond donors (Lipinski definition) is 3. The number of carboxylic acids is 1. The standard InChI is InChI=1S/C14H22N2O4S/c1-3-11(9-14(17)18)10-15-12-5-7-13(8-6-12)21(19,20)16-4-2/h5-8,11,15-16H,3-4,9-10H2,1-2H3,(H,17,18). The fourth-order valence-electron chi connectivity index (χ4n) is 1.90. The van der Waals surface area contributed by atoms with Crippen LogP contribution in [0.4, 0.5) is 5.69 Å². The molecular formula is C14H22N2O4S. The van der Waals surface area contributed by atoms with Crippen LogP contribution in [0.25, 0.3) is 0 Å². The molecule has 3 N–H and O–H groups in total. The van der Waals surface area contributed by atoms with Gasteiger partial charge in [-0.2, -0.15) is 0 Å². The second-order valence-electron chi connectivity index (χ2n) is 4.78. The molecule has 0 saturated carbocycles. The molecule has 0 aliphatic carbocycles. The highest BCUT2D eigenvalue weighted by Crippen LogP contribution is 2.15. The maximum atomic E-state index is 11.8. The van der Waals surface area contributed by atoms with E-state index in [1.807, 2.05) is 6.92 Å². The molecule has 0 heterocycles. The summed E-state index contributed by atoms with van der Waals surface area (Å²) in [5.74, 6) is -0.761. The van der Waals surface area contributed by atoms with Gasteiger partial charge < -0.3 is 10.4 Å². The third-order valence-electron chi connectivity index (χ3n) is 3.13. The molecule has 6 nitrogen and oxygen atoms in total. The van der Waals surface area contributed by atoms with E-state index in [-0.39, 0.29) is 17.2 Å². The van der Waals surface area contributed by atoms with Gasteiger partial charge in [0.2, 0.25) is 10.0 Å². The zero-order valence-corrected chi connectivity index (χ0v) is 13.1. The summed E-state index contributed by atoms with van der Waals surface area (Å²) in [6.45, 7) is 4.56. The summed E-state index contributed by atoms with van der Waals surface area (Å²) in [5.41, 5.74) is 0.772. The number of carbonyl (C=O) groups is 1. The predicted octanol–water partition coefficient (Wildman–Crippen LogP) is 1.90. The van der Waals surface area contributed by atoms with Crippen molar-refractivity contribution in [3.8, 4) is 0 Å². The molecule has 0 fully saturated rings. The summed E-state index contributed by atoms with van der Waals surface area (Å²) in [7, 11) is -3.43. The lowest BCUT2D eigenvalue weighted by Gasteiger charge is -2.14. The summed E-state index contributed by atoms with van der Waals surface area (Å²) in [5, 5.41) is 11.9.